The number of rotatable bonds is 12. The Hall–Kier alpha value is -6.66. The summed E-state index contributed by atoms with van der Waals surface area (Å²) >= 11 is 0. The Labute approximate surface area is 321 Å². The topological polar surface area (TPSA) is 264 Å². The van der Waals surface area contributed by atoms with E-state index in [9.17, 15) is 18.4 Å². The minimum absolute atomic E-state index is 0.0199. The maximum atomic E-state index is 14.4. The zero-order valence-corrected chi connectivity index (χ0v) is 31.6. The second-order valence-corrected chi connectivity index (χ2v) is 13.4. The standard InChI is InChI=1S/2C19H22FN7O/c2*1-9-8-23-16-6-12(4-5-15(16)24-9)26-18-13(17(22)28)7-14(20)19(27-18)25-11(3)10(2)21/h2*4-8,10-11H,21H2,1-3H3,(H2,22,28)(H2,25,26,27)/t2*10-,11+/m10/s1. The van der Waals surface area contributed by atoms with Gasteiger partial charge in [0.05, 0.1) is 44.6 Å². The average Bonchev–Trinajstić information content (AvgIpc) is 3.14. The Morgan fingerprint density at radius 2 is 0.946 bits per heavy atom. The number of primary amides is 2. The molecular formula is C38H44F2N14O2. The monoisotopic (exact) mass is 766 g/mol. The zero-order valence-electron chi connectivity index (χ0n) is 31.6. The van der Waals surface area contributed by atoms with Crippen LogP contribution in [-0.4, -0.2) is 65.9 Å². The van der Waals surface area contributed by atoms with Gasteiger partial charge in [0.15, 0.2) is 23.3 Å². The van der Waals surface area contributed by atoms with Crippen molar-refractivity contribution < 1.29 is 18.4 Å². The molecule has 0 saturated carbocycles. The molecule has 2 amide bonds. The number of pyridine rings is 2. The lowest BCUT2D eigenvalue weighted by atomic mass is 10.1. The third-order valence-corrected chi connectivity index (χ3v) is 8.64. The first-order valence-corrected chi connectivity index (χ1v) is 17.5. The smallest absolute Gasteiger partial charge is 0.252 e. The van der Waals surface area contributed by atoms with Crippen molar-refractivity contribution in [2.75, 3.05) is 21.3 Å². The van der Waals surface area contributed by atoms with Crippen LogP contribution in [-0.2, 0) is 0 Å². The molecule has 0 aliphatic heterocycles. The Morgan fingerprint density at radius 3 is 1.29 bits per heavy atom. The molecule has 0 radical (unpaired) electrons. The van der Waals surface area contributed by atoms with Gasteiger partial charge in [-0.15, -0.1) is 0 Å². The van der Waals surface area contributed by atoms with Crippen LogP contribution >= 0.6 is 0 Å². The van der Waals surface area contributed by atoms with E-state index < -0.39 is 23.4 Å². The number of aromatic nitrogens is 6. The minimum atomic E-state index is -0.795. The van der Waals surface area contributed by atoms with Gasteiger partial charge in [0.2, 0.25) is 0 Å². The molecule has 4 heterocycles. The summed E-state index contributed by atoms with van der Waals surface area (Å²) in [5.41, 5.74) is 28.0. The number of halogens is 2. The van der Waals surface area contributed by atoms with Crippen molar-refractivity contribution in [3.05, 3.63) is 95.1 Å². The first-order chi connectivity index (χ1) is 26.5. The van der Waals surface area contributed by atoms with Crippen LogP contribution in [0.4, 0.5) is 43.4 Å². The lowest BCUT2D eigenvalue weighted by Crippen LogP contribution is -2.35. The van der Waals surface area contributed by atoms with Crippen LogP contribution in [0.15, 0.2) is 60.9 Å². The number of hydrogen-bond acceptors (Lipinski definition) is 14. The Morgan fingerprint density at radius 1 is 0.571 bits per heavy atom. The molecule has 0 fully saturated rings. The fraction of sp³-hybridized carbons (Fsp3) is 0.263. The number of hydrogen-bond donors (Lipinski definition) is 8. The highest BCUT2D eigenvalue weighted by molar-refractivity contribution is 5.99. The second-order valence-electron chi connectivity index (χ2n) is 13.4. The molecule has 16 nitrogen and oxygen atoms in total. The first kappa shape index (κ1) is 40.5. The molecule has 18 heteroatoms. The summed E-state index contributed by atoms with van der Waals surface area (Å²) in [5.74, 6) is -2.74. The molecule has 56 heavy (non-hydrogen) atoms. The number of fused-ring (bicyclic) bond motifs is 2. The molecule has 6 aromatic rings. The predicted molar refractivity (Wildman–Crippen MR) is 214 cm³/mol. The lowest BCUT2D eigenvalue weighted by Gasteiger charge is -2.20. The first-order valence-electron chi connectivity index (χ1n) is 17.5. The Balaban J connectivity index is 0.000000214. The normalized spacial score (nSPS) is 13.2. The average molecular weight is 767 g/mol. The van der Waals surface area contributed by atoms with Crippen molar-refractivity contribution >= 4 is 68.5 Å². The van der Waals surface area contributed by atoms with Gasteiger partial charge in [-0.05, 0) is 90.1 Å². The summed E-state index contributed by atoms with van der Waals surface area (Å²) in [6.07, 6.45) is 3.32. The lowest BCUT2D eigenvalue weighted by molar-refractivity contribution is 0.0992. The number of anilines is 6. The number of nitrogens with zero attached hydrogens (tertiary/aromatic N) is 6. The molecule has 292 valence electrons. The summed E-state index contributed by atoms with van der Waals surface area (Å²) in [6, 6.07) is 11.8. The van der Waals surface area contributed by atoms with Gasteiger partial charge in [-0.2, -0.15) is 0 Å². The molecule has 4 atom stereocenters. The number of nitrogens with one attached hydrogen (secondary N) is 4. The van der Waals surface area contributed by atoms with E-state index in [0.717, 1.165) is 34.6 Å². The summed E-state index contributed by atoms with van der Waals surface area (Å²) in [6.45, 7) is 10.9. The highest BCUT2D eigenvalue weighted by atomic mass is 19.1. The SMILES string of the molecule is Cc1cnc2cc(Nc3nc(N[C@@H](C)[C@@H](C)N)c(F)cc3C(N)=O)ccc2n1.Cc1cnc2cc(Nc3nc(N[C@H](C)[C@H](C)N)c(F)cc3C(N)=O)ccc2n1. The van der Waals surface area contributed by atoms with Crippen molar-refractivity contribution in [2.24, 2.45) is 22.9 Å². The van der Waals surface area contributed by atoms with Crippen LogP contribution < -0.4 is 44.2 Å². The van der Waals surface area contributed by atoms with E-state index in [-0.39, 0.29) is 58.6 Å². The Bertz CT molecular complexity index is 2240. The molecular weight excluding hydrogens is 723 g/mol. The fourth-order valence-corrected chi connectivity index (χ4v) is 5.08. The van der Waals surface area contributed by atoms with Gasteiger partial charge < -0.3 is 44.2 Å². The molecule has 0 saturated heterocycles. The van der Waals surface area contributed by atoms with Gasteiger partial charge in [0.25, 0.3) is 11.8 Å². The van der Waals surface area contributed by atoms with Crippen LogP contribution in [0.1, 0.15) is 59.8 Å². The van der Waals surface area contributed by atoms with Gasteiger partial charge in [-0.25, -0.2) is 28.7 Å². The number of benzene rings is 2. The third kappa shape index (κ3) is 9.90. The largest absolute Gasteiger partial charge is 0.365 e. The van der Waals surface area contributed by atoms with Gasteiger partial charge in [-0.1, -0.05) is 0 Å². The third-order valence-electron chi connectivity index (χ3n) is 8.64. The molecule has 6 rings (SSSR count). The zero-order chi connectivity index (χ0) is 40.8. The molecule has 0 aliphatic carbocycles. The van der Waals surface area contributed by atoms with Crippen molar-refractivity contribution in [1.82, 2.24) is 29.9 Å². The van der Waals surface area contributed by atoms with Crippen LogP contribution in [0.2, 0.25) is 0 Å². The van der Waals surface area contributed by atoms with Crippen molar-refractivity contribution in [2.45, 2.75) is 65.7 Å². The van der Waals surface area contributed by atoms with E-state index in [1.807, 2.05) is 27.7 Å². The van der Waals surface area contributed by atoms with E-state index in [1.54, 1.807) is 62.6 Å². The van der Waals surface area contributed by atoms with Crippen LogP contribution in [0, 0.1) is 25.5 Å². The molecule has 12 N–H and O–H groups in total. The van der Waals surface area contributed by atoms with E-state index in [0.29, 0.717) is 22.4 Å². The summed E-state index contributed by atoms with van der Waals surface area (Å²) in [4.78, 5) is 49.4. The maximum Gasteiger partial charge on any atom is 0.252 e. The van der Waals surface area contributed by atoms with Gasteiger partial charge in [0.1, 0.15) is 11.6 Å². The number of carbonyl (C=O) groups is 2. The molecule has 0 spiro atoms. The van der Waals surface area contributed by atoms with E-state index in [1.165, 1.54) is 0 Å². The van der Waals surface area contributed by atoms with Crippen molar-refractivity contribution in [1.29, 1.82) is 0 Å². The highest BCUT2D eigenvalue weighted by Crippen LogP contribution is 2.27. The fourth-order valence-electron chi connectivity index (χ4n) is 5.08. The van der Waals surface area contributed by atoms with E-state index in [4.69, 9.17) is 22.9 Å². The molecule has 4 aromatic heterocycles. The summed E-state index contributed by atoms with van der Waals surface area (Å²) < 4.78 is 28.8. The quantitative estimate of drug-likeness (QED) is 0.0822. The Kier molecular flexibility index (Phi) is 12.5. The van der Waals surface area contributed by atoms with E-state index in [2.05, 4.69) is 51.2 Å². The van der Waals surface area contributed by atoms with Crippen LogP contribution in [0.25, 0.3) is 22.1 Å². The van der Waals surface area contributed by atoms with E-state index >= 15 is 0 Å². The predicted octanol–water partition coefficient (Wildman–Crippen LogP) is 4.92. The highest BCUT2D eigenvalue weighted by Gasteiger charge is 2.20. The second kappa shape index (κ2) is 17.2. The van der Waals surface area contributed by atoms with Crippen LogP contribution in [0.5, 0.6) is 0 Å². The van der Waals surface area contributed by atoms with Crippen LogP contribution in [0.3, 0.4) is 0 Å². The number of nitrogens with two attached hydrogens (primary N) is 4. The van der Waals surface area contributed by atoms with Crippen molar-refractivity contribution in [3.63, 3.8) is 0 Å². The van der Waals surface area contributed by atoms with Gasteiger partial charge >= 0.3 is 0 Å². The van der Waals surface area contributed by atoms with Gasteiger partial charge in [0, 0.05) is 47.9 Å². The van der Waals surface area contributed by atoms with Gasteiger partial charge in [-0.3, -0.25) is 19.6 Å². The number of carbonyl (C=O) groups excluding carboxylic acids is 2. The summed E-state index contributed by atoms with van der Waals surface area (Å²) in [7, 11) is 0. The maximum absolute atomic E-state index is 14.4. The number of aryl methyl sites for hydroxylation is 2. The van der Waals surface area contributed by atoms with Crippen molar-refractivity contribution in [3.8, 4) is 0 Å². The molecule has 0 bridgehead atoms. The molecule has 0 unspecified atom stereocenters. The summed E-state index contributed by atoms with van der Waals surface area (Å²) in [5, 5.41) is 11.9. The molecule has 0 aliphatic rings. The minimum Gasteiger partial charge on any atom is -0.365 e. The molecule has 2 aromatic carbocycles. The number of amides is 2.